The van der Waals surface area contributed by atoms with Crippen molar-refractivity contribution in [3.63, 3.8) is 0 Å². The Morgan fingerprint density at radius 1 is 1.08 bits per heavy atom. The number of fused-ring (bicyclic) bond motifs is 1. The highest BCUT2D eigenvalue weighted by Crippen LogP contribution is 2.40. The normalized spacial score (nSPS) is 21.4. The van der Waals surface area contributed by atoms with Gasteiger partial charge >= 0.3 is 0 Å². The number of hydrogen-bond donors (Lipinski definition) is 0. The molecule has 0 saturated carbocycles. The molecule has 3 aromatic rings. The molecule has 3 heterocycles. The van der Waals surface area contributed by atoms with E-state index in [1.807, 2.05) is 19.2 Å². The number of methoxy groups -OCH3 is 1. The number of piperidine rings is 1. The van der Waals surface area contributed by atoms with Gasteiger partial charge in [-0.25, -0.2) is 9.97 Å². The zero-order valence-corrected chi connectivity index (χ0v) is 25.3. The number of anilines is 2. The third-order valence-electron chi connectivity index (χ3n) is 8.78. The summed E-state index contributed by atoms with van der Waals surface area (Å²) in [4.78, 5) is 15.7. The number of ether oxygens (including phenoxy) is 1. The summed E-state index contributed by atoms with van der Waals surface area (Å²) in [5, 5.41) is 0.706. The van der Waals surface area contributed by atoms with E-state index in [4.69, 9.17) is 26.3 Å². The Labute approximate surface area is 239 Å². The first-order valence-electron chi connectivity index (χ1n) is 14.5. The van der Waals surface area contributed by atoms with Crippen molar-refractivity contribution in [3.05, 3.63) is 69.4 Å². The fourth-order valence-electron chi connectivity index (χ4n) is 6.47. The zero-order valence-electron chi connectivity index (χ0n) is 24.6. The van der Waals surface area contributed by atoms with Crippen molar-refractivity contribution in [1.82, 2.24) is 9.97 Å². The average molecular weight is 547 g/mol. The monoisotopic (exact) mass is 546 g/mol. The van der Waals surface area contributed by atoms with Gasteiger partial charge in [0.1, 0.15) is 5.82 Å². The highest BCUT2D eigenvalue weighted by Gasteiger charge is 2.37. The van der Waals surface area contributed by atoms with Crippen LogP contribution in [0.1, 0.15) is 80.8 Å². The van der Waals surface area contributed by atoms with Gasteiger partial charge in [0.05, 0.1) is 16.8 Å². The summed E-state index contributed by atoms with van der Waals surface area (Å²) >= 11 is 6.75. The fourth-order valence-corrected chi connectivity index (χ4v) is 6.78. The number of halogens is 1. The maximum absolute atomic E-state index is 6.75. The molecule has 0 aliphatic carbocycles. The van der Waals surface area contributed by atoms with E-state index in [1.54, 1.807) is 0 Å². The molecule has 0 N–H and O–H groups in total. The van der Waals surface area contributed by atoms with Crippen molar-refractivity contribution < 1.29 is 4.74 Å². The van der Waals surface area contributed by atoms with Crippen molar-refractivity contribution in [2.75, 3.05) is 23.5 Å². The maximum Gasteiger partial charge on any atom is 0.163 e. The molecule has 0 radical (unpaired) electrons. The molecule has 1 fully saturated rings. The molecule has 5 nitrogen and oxygen atoms in total. The Morgan fingerprint density at radius 2 is 1.87 bits per heavy atom. The molecule has 208 valence electrons. The number of aryl methyl sites for hydroxylation is 2. The van der Waals surface area contributed by atoms with Gasteiger partial charge in [0, 0.05) is 55.5 Å². The Morgan fingerprint density at radius 3 is 2.56 bits per heavy atom. The van der Waals surface area contributed by atoms with Crippen LogP contribution in [-0.2, 0) is 17.7 Å². The molecule has 2 aromatic carbocycles. The van der Waals surface area contributed by atoms with Crippen LogP contribution < -0.4 is 9.80 Å². The van der Waals surface area contributed by atoms with Crippen LogP contribution >= 0.6 is 11.6 Å². The van der Waals surface area contributed by atoms with E-state index in [-0.39, 0.29) is 6.10 Å². The first-order chi connectivity index (χ1) is 18.7. The predicted molar refractivity (Wildman–Crippen MR) is 163 cm³/mol. The first kappa shape index (κ1) is 27.9. The number of benzene rings is 2. The summed E-state index contributed by atoms with van der Waals surface area (Å²) < 4.78 is 5.85. The molecule has 0 bridgehead atoms. The molecule has 0 amide bonds. The van der Waals surface area contributed by atoms with Crippen molar-refractivity contribution in [2.24, 2.45) is 0 Å². The third-order valence-corrected chi connectivity index (χ3v) is 9.10. The van der Waals surface area contributed by atoms with Crippen molar-refractivity contribution in [1.29, 1.82) is 0 Å². The largest absolute Gasteiger partial charge is 0.381 e. The van der Waals surface area contributed by atoms with E-state index in [2.05, 4.69) is 75.6 Å². The second kappa shape index (κ2) is 11.5. The molecular formula is C33H43ClN4O. The van der Waals surface area contributed by atoms with E-state index >= 15 is 0 Å². The Bertz CT molecular complexity index is 1320. The van der Waals surface area contributed by atoms with Crippen LogP contribution in [0.15, 0.2) is 36.4 Å². The van der Waals surface area contributed by atoms with Gasteiger partial charge in [0.25, 0.3) is 0 Å². The van der Waals surface area contributed by atoms with E-state index in [1.165, 1.54) is 22.4 Å². The highest BCUT2D eigenvalue weighted by molar-refractivity contribution is 6.33. The third kappa shape index (κ3) is 5.40. The topological polar surface area (TPSA) is 41.5 Å². The lowest BCUT2D eigenvalue weighted by molar-refractivity contribution is 0.0583. The molecule has 3 atom stereocenters. The number of rotatable bonds is 6. The molecular weight excluding hydrogens is 504 g/mol. The van der Waals surface area contributed by atoms with Gasteiger partial charge in [-0.2, -0.15) is 0 Å². The molecule has 0 spiro atoms. The molecule has 0 unspecified atom stereocenters. The SMILES string of the molecule is CC[C@@H]1C[C@H](OC)C[C@H](C)N1c1nc(-c2c(C)cccc2Cl)nc2c1CN(c1cc(C(C)C)ccc1C)CC2. The van der Waals surface area contributed by atoms with Crippen molar-refractivity contribution in [2.45, 2.75) is 97.9 Å². The lowest BCUT2D eigenvalue weighted by atomic mass is 9.91. The molecule has 1 aromatic heterocycles. The number of aromatic nitrogens is 2. The fraction of sp³-hybridized carbons (Fsp3) is 0.515. The van der Waals surface area contributed by atoms with Gasteiger partial charge in [-0.05, 0) is 74.8 Å². The van der Waals surface area contributed by atoms with Crippen LogP contribution in [0.2, 0.25) is 5.02 Å². The number of nitrogens with zero attached hydrogens (tertiary/aromatic N) is 4. The zero-order chi connectivity index (χ0) is 27.8. The quantitative estimate of drug-likeness (QED) is 0.314. The van der Waals surface area contributed by atoms with E-state index in [9.17, 15) is 0 Å². The highest BCUT2D eigenvalue weighted by atomic mass is 35.5. The lowest BCUT2D eigenvalue weighted by Gasteiger charge is -2.46. The summed E-state index contributed by atoms with van der Waals surface area (Å²) in [6, 6.07) is 13.6. The molecule has 2 aliphatic heterocycles. The summed E-state index contributed by atoms with van der Waals surface area (Å²) in [7, 11) is 1.84. The van der Waals surface area contributed by atoms with Crippen LogP contribution in [0.25, 0.3) is 11.4 Å². The van der Waals surface area contributed by atoms with E-state index in [0.717, 1.165) is 67.2 Å². The molecule has 2 aliphatic rings. The maximum atomic E-state index is 6.75. The summed E-state index contributed by atoms with van der Waals surface area (Å²) in [5.41, 5.74) is 8.47. The predicted octanol–water partition coefficient (Wildman–Crippen LogP) is 7.88. The molecule has 5 rings (SSSR count). The van der Waals surface area contributed by atoms with Gasteiger partial charge in [0.2, 0.25) is 0 Å². The van der Waals surface area contributed by atoms with Crippen LogP contribution in [0.4, 0.5) is 11.5 Å². The minimum atomic E-state index is 0.280. The minimum Gasteiger partial charge on any atom is -0.381 e. The smallest absolute Gasteiger partial charge is 0.163 e. The first-order valence-corrected chi connectivity index (χ1v) is 14.9. The molecule has 39 heavy (non-hydrogen) atoms. The Kier molecular flexibility index (Phi) is 8.21. The van der Waals surface area contributed by atoms with Gasteiger partial charge in [-0.15, -0.1) is 0 Å². The summed E-state index contributed by atoms with van der Waals surface area (Å²) in [6.45, 7) is 15.2. The number of hydrogen-bond acceptors (Lipinski definition) is 5. The van der Waals surface area contributed by atoms with Crippen molar-refractivity contribution >= 4 is 23.1 Å². The second-order valence-corrected chi connectivity index (χ2v) is 12.2. The van der Waals surface area contributed by atoms with Crippen LogP contribution in [0.3, 0.4) is 0 Å². The summed E-state index contributed by atoms with van der Waals surface area (Å²) in [6.07, 6.45) is 4.21. The Balaban J connectivity index is 1.65. The molecule has 6 heteroatoms. The second-order valence-electron chi connectivity index (χ2n) is 11.7. The van der Waals surface area contributed by atoms with Gasteiger partial charge in [-0.3, -0.25) is 0 Å². The minimum absolute atomic E-state index is 0.280. The van der Waals surface area contributed by atoms with Crippen molar-refractivity contribution in [3.8, 4) is 11.4 Å². The van der Waals surface area contributed by atoms with E-state index in [0.29, 0.717) is 23.0 Å². The lowest BCUT2D eigenvalue weighted by Crippen LogP contribution is -2.51. The van der Waals surface area contributed by atoms with Crippen LogP contribution in [-0.4, -0.2) is 41.8 Å². The van der Waals surface area contributed by atoms with E-state index < -0.39 is 0 Å². The summed E-state index contributed by atoms with van der Waals surface area (Å²) in [5.74, 6) is 2.31. The van der Waals surface area contributed by atoms with Gasteiger partial charge < -0.3 is 14.5 Å². The average Bonchev–Trinajstić information content (AvgIpc) is 2.92. The Hall–Kier alpha value is -2.63. The van der Waals surface area contributed by atoms with Crippen LogP contribution in [0.5, 0.6) is 0 Å². The van der Waals surface area contributed by atoms with Gasteiger partial charge in [-0.1, -0.05) is 56.6 Å². The standard InChI is InChI=1S/C33H43ClN4O/c1-8-25-18-26(39-7)16-23(6)38(25)33-27-19-37(30-17-24(20(2)3)13-12-21(30)4)15-14-29(27)35-32(36-33)31-22(5)10-9-11-28(31)34/h9-13,17,20,23,25-26H,8,14-16,18-19H2,1-7H3/t23-,25+,26+/m0/s1. The van der Waals surface area contributed by atoms with Crippen LogP contribution in [0, 0.1) is 13.8 Å². The van der Waals surface area contributed by atoms with Gasteiger partial charge in [0.15, 0.2) is 5.82 Å². The molecule has 1 saturated heterocycles.